The molecule has 0 spiro atoms. The van der Waals surface area contributed by atoms with Gasteiger partial charge >= 0.3 is 0 Å². The number of carbonyl (C=O) groups excluding carboxylic acids is 1. The summed E-state index contributed by atoms with van der Waals surface area (Å²) in [5, 5.41) is 0. The summed E-state index contributed by atoms with van der Waals surface area (Å²) in [6, 6.07) is 6.87. The number of halogens is 1. The molecule has 0 fully saturated rings. The van der Waals surface area contributed by atoms with Gasteiger partial charge in [-0.2, -0.15) is 0 Å². The number of benzene rings is 1. The standard InChI is InChI=1S/C15H24N2O3.ClH/c1-11(2)14(16)15(18)17(3)9-10-20-13-7-5-12(19-4)6-8-13;/h5-8,11,14H,9-10,16H2,1-4H3;1H. The lowest BCUT2D eigenvalue weighted by atomic mass is 10.0. The normalized spacial score (nSPS) is 11.5. The van der Waals surface area contributed by atoms with E-state index in [2.05, 4.69) is 0 Å². The van der Waals surface area contributed by atoms with Crippen molar-refractivity contribution >= 4 is 18.3 Å². The van der Waals surface area contributed by atoms with E-state index in [1.807, 2.05) is 38.1 Å². The fraction of sp³-hybridized carbons (Fsp3) is 0.533. The molecular formula is C15H25ClN2O3. The molecule has 0 saturated carbocycles. The van der Waals surface area contributed by atoms with Gasteiger partial charge < -0.3 is 20.1 Å². The van der Waals surface area contributed by atoms with E-state index in [0.29, 0.717) is 13.2 Å². The monoisotopic (exact) mass is 316 g/mol. The van der Waals surface area contributed by atoms with Gasteiger partial charge in [-0.05, 0) is 30.2 Å². The van der Waals surface area contributed by atoms with Crippen molar-refractivity contribution in [2.45, 2.75) is 19.9 Å². The fourth-order valence-electron chi connectivity index (χ4n) is 1.62. The molecule has 0 aliphatic carbocycles. The largest absolute Gasteiger partial charge is 0.497 e. The molecule has 21 heavy (non-hydrogen) atoms. The van der Waals surface area contributed by atoms with Crippen LogP contribution >= 0.6 is 12.4 Å². The van der Waals surface area contributed by atoms with Crippen LogP contribution in [0.4, 0.5) is 0 Å². The lowest BCUT2D eigenvalue weighted by Gasteiger charge is -2.23. The number of hydrogen-bond acceptors (Lipinski definition) is 4. The second-order valence-electron chi connectivity index (χ2n) is 5.05. The maximum atomic E-state index is 11.9. The van der Waals surface area contributed by atoms with Crippen molar-refractivity contribution in [2.75, 3.05) is 27.3 Å². The van der Waals surface area contributed by atoms with E-state index in [0.717, 1.165) is 11.5 Å². The molecule has 1 aromatic carbocycles. The van der Waals surface area contributed by atoms with Gasteiger partial charge in [0.25, 0.3) is 0 Å². The number of hydrogen-bond donors (Lipinski definition) is 1. The predicted molar refractivity (Wildman–Crippen MR) is 86.2 cm³/mol. The smallest absolute Gasteiger partial charge is 0.239 e. The summed E-state index contributed by atoms with van der Waals surface area (Å²) in [6.07, 6.45) is 0. The molecule has 6 heteroatoms. The summed E-state index contributed by atoms with van der Waals surface area (Å²) in [5.41, 5.74) is 5.83. The highest BCUT2D eigenvalue weighted by molar-refractivity contribution is 5.85. The molecule has 0 heterocycles. The van der Waals surface area contributed by atoms with E-state index in [1.54, 1.807) is 19.1 Å². The van der Waals surface area contributed by atoms with Crippen LogP contribution < -0.4 is 15.2 Å². The van der Waals surface area contributed by atoms with Crippen molar-refractivity contribution in [1.82, 2.24) is 4.90 Å². The van der Waals surface area contributed by atoms with Gasteiger partial charge in [-0.3, -0.25) is 4.79 Å². The van der Waals surface area contributed by atoms with E-state index in [-0.39, 0.29) is 24.2 Å². The van der Waals surface area contributed by atoms with Crippen LogP contribution in [0.2, 0.25) is 0 Å². The highest BCUT2D eigenvalue weighted by atomic mass is 35.5. The van der Waals surface area contributed by atoms with Crippen LogP contribution in [0.25, 0.3) is 0 Å². The first-order valence-electron chi connectivity index (χ1n) is 6.73. The van der Waals surface area contributed by atoms with Gasteiger partial charge in [-0.15, -0.1) is 12.4 Å². The molecule has 0 bridgehead atoms. The lowest BCUT2D eigenvalue weighted by molar-refractivity contribution is -0.132. The van der Waals surface area contributed by atoms with E-state index in [4.69, 9.17) is 15.2 Å². The summed E-state index contributed by atoms with van der Waals surface area (Å²) in [7, 11) is 3.36. The summed E-state index contributed by atoms with van der Waals surface area (Å²) in [5.74, 6) is 1.61. The molecule has 0 radical (unpaired) electrons. The van der Waals surface area contributed by atoms with Crippen LogP contribution in [-0.2, 0) is 4.79 Å². The van der Waals surface area contributed by atoms with Crippen molar-refractivity contribution < 1.29 is 14.3 Å². The zero-order valence-corrected chi connectivity index (χ0v) is 13.9. The zero-order valence-electron chi connectivity index (χ0n) is 13.0. The van der Waals surface area contributed by atoms with E-state index in [1.165, 1.54) is 0 Å². The van der Waals surface area contributed by atoms with Gasteiger partial charge in [0.15, 0.2) is 0 Å². The molecule has 0 aromatic heterocycles. The van der Waals surface area contributed by atoms with Gasteiger partial charge in [0.1, 0.15) is 18.1 Å². The quantitative estimate of drug-likeness (QED) is 0.835. The van der Waals surface area contributed by atoms with Gasteiger partial charge in [-0.1, -0.05) is 13.8 Å². The predicted octanol–water partition coefficient (Wildman–Crippen LogP) is 1.94. The van der Waals surface area contributed by atoms with E-state index in [9.17, 15) is 4.79 Å². The number of likely N-dealkylation sites (N-methyl/N-ethyl adjacent to an activating group) is 1. The number of carbonyl (C=O) groups is 1. The molecule has 5 nitrogen and oxygen atoms in total. The van der Waals surface area contributed by atoms with Gasteiger partial charge in [-0.25, -0.2) is 0 Å². The van der Waals surface area contributed by atoms with Gasteiger partial charge in [0.05, 0.1) is 19.7 Å². The number of nitrogens with two attached hydrogens (primary N) is 1. The molecule has 0 aliphatic rings. The lowest BCUT2D eigenvalue weighted by Crippen LogP contribution is -2.46. The highest BCUT2D eigenvalue weighted by Crippen LogP contribution is 2.16. The number of rotatable bonds is 7. The number of nitrogens with zero attached hydrogens (tertiary/aromatic N) is 1. The molecule has 120 valence electrons. The second-order valence-corrected chi connectivity index (χ2v) is 5.05. The molecule has 0 saturated heterocycles. The Morgan fingerprint density at radius 2 is 1.76 bits per heavy atom. The van der Waals surface area contributed by atoms with E-state index < -0.39 is 6.04 Å². The molecule has 1 unspecified atom stereocenters. The van der Waals surface area contributed by atoms with Crippen molar-refractivity contribution in [3.05, 3.63) is 24.3 Å². The Hall–Kier alpha value is -1.46. The number of amides is 1. The Kier molecular flexibility index (Phi) is 8.81. The Morgan fingerprint density at radius 1 is 1.24 bits per heavy atom. The molecule has 1 rings (SSSR count). The summed E-state index contributed by atoms with van der Waals surface area (Å²) in [4.78, 5) is 13.5. The van der Waals surface area contributed by atoms with Crippen LogP contribution in [0, 0.1) is 5.92 Å². The minimum atomic E-state index is -0.457. The maximum absolute atomic E-state index is 11.9. The van der Waals surface area contributed by atoms with Crippen LogP contribution in [0.3, 0.4) is 0 Å². The summed E-state index contributed by atoms with van der Waals surface area (Å²) < 4.78 is 10.6. The minimum Gasteiger partial charge on any atom is -0.497 e. The Balaban J connectivity index is 0.00000400. The first-order chi connectivity index (χ1) is 9.45. The molecular weight excluding hydrogens is 292 g/mol. The van der Waals surface area contributed by atoms with Crippen molar-refractivity contribution in [1.29, 1.82) is 0 Å². The Bertz CT molecular complexity index is 423. The summed E-state index contributed by atoms with van der Waals surface area (Å²) in [6.45, 7) is 4.80. The molecule has 2 N–H and O–H groups in total. The Morgan fingerprint density at radius 3 is 2.24 bits per heavy atom. The SMILES string of the molecule is COc1ccc(OCCN(C)C(=O)C(N)C(C)C)cc1.Cl. The topological polar surface area (TPSA) is 64.8 Å². The van der Waals surface area contributed by atoms with Gasteiger partial charge in [0, 0.05) is 7.05 Å². The van der Waals surface area contributed by atoms with Crippen LogP contribution in [0.15, 0.2) is 24.3 Å². The number of ether oxygens (including phenoxy) is 2. The maximum Gasteiger partial charge on any atom is 0.239 e. The van der Waals surface area contributed by atoms with Crippen molar-refractivity contribution in [2.24, 2.45) is 11.7 Å². The van der Waals surface area contributed by atoms with E-state index >= 15 is 0 Å². The summed E-state index contributed by atoms with van der Waals surface area (Å²) >= 11 is 0. The zero-order chi connectivity index (χ0) is 15.1. The average Bonchev–Trinajstić information content (AvgIpc) is 2.46. The van der Waals surface area contributed by atoms with Crippen molar-refractivity contribution in [3.63, 3.8) is 0 Å². The molecule has 0 aliphatic heterocycles. The molecule has 1 atom stereocenters. The minimum absolute atomic E-state index is 0. The molecule has 1 amide bonds. The second kappa shape index (κ2) is 9.47. The number of methoxy groups -OCH3 is 1. The highest BCUT2D eigenvalue weighted by Gasteiger charge is 2.20. The van der Waals surface area contributed by atoms with Crippen LogP contribution in [0.5, 0.6) is 11.5 Å². The van der Waals surface area contributed by atoms with Gasteiger partial charge in [0.2, 0.25) is 5.91 Å². The van der Waals surface area contributed by atoms with Crippen LogP contribution in [0.1, 0.15) is 13.8 Å². The fourth-order valence-corrected chi connectivity index (χ4v) is 1.62. The van der Waals surface area contributed by atoms with Crippen LogP contribution in [-0.4, -0.2) is 44.2 Å². The third-order valence-electron chi connectivity index (χ3n) is 3.13. The first kappa shape index (κ1) is 19.5. The average molecular weight is 317 g/mol. The first-order valence-corrected chi connectivity index (χ1v) is 6.73. The van der Waals surface area contributed by atoms with Crippen molar-refractivity contribution in [3.8, 4) is 11.5 Å². The molecule has 1 aromatic rings. The third-order valence-corrected chi connectivity index (χ3v) is 3.13. The third kappa shape index (κ3) is 6.23. The Labute approximate surface area is 132 Å².